The largest absolute Gasteiger partial charge is 0.478 e. The van der Waals surface area contributed by atoms with Gasteiger partial charge in [0.05, 0.1) is 6.20 Å². The molecular formula is C5H4N2O4. The van der Waals surface area contributed by atoms with Gasteiger partial charge in [0.15, 0.2) is 5.69 Å². The van der Waals surface area contributed by atoms with Crippen LogP contribution in [-0.2, 0) is 0 Å². The van der Waals surface area contributed by atoms with Crippen LogP contribution in [0.4, 0.5) is 0 Å². The van der Waals surface area contributed by atoms with Crippen molar-refractivity contribution in [3.05, 3.63) is 17.5 Å². The molecule has 1 rings (SSSR count). The van der Waals surface area contributed by atoms with E-state index in [1.165, 1.54) is 0 Å². The van der Waals surface area contributed by atoms with Crippen LogP contribution in [0.25, 0.3) is 0 Å². The highest BCUT2D eigenvalue weighted by Gasteiger charge is 2.17. The molecule has 11 heavy (non-hydrogen) atoms. The summed E-state index contributed by atoms with van der Waals surface area (Å²) in [5.74, 6) is -2.64. The van der Waals surface area contributed by atoms with Gasteiger partial charge in [-0.2, -0.15) is 5.10 Å². The molecule has 1 heterocycles. The number of carboxylic acids is 2. The zero-order chi connectivity index (χ0) is 8.43. The van der Waals surface area contributed by atoms with Crippen molar-refractivity contribution in [2.75, 3.05) is 0 Å². The molecule has 6 heteroatoms. The predicted molar refractivity (Wildman–Crippen MR) is 32.5 cm³/mol. The number of hydrogen-bond donors (Lipinski definition) is 3. The van der Waals surface area contributed by atoms with Gasteiger partial charge in [-0.15, -0.1) is 0 Å². The van der Waals surface area contributed by atoms with E-state index in [1.54, 1.807) is 0 Å². The van der Waals surface area contributed by atoms with Crippen LogP contribution in [-0.4, -0.2) is 32.3 Å². The lowest BCUT2D eigenvalue weighted by Crippen LogP contribution is -2.05. The Morgan fingerprint density at radius 2 is 2.00 bits per heavy atom. The van der Waals surface area contributed by atoms with Crippen molar-refractivity contribution in [3.63, 3.8) is 0 Å². The third kappa shape index (κ3) is 1.18. The summed E-state index contributed by atoms with van der Waals surface area (Å²) in [6.45, 7) is 0. The maximum Gasteiger partial charge on any atom is 0.354 e. The normalized spacial score (nSPS) is 9.45. The summed E-state index contributed by atoms with van der Waals surface area (Å²) in [6, 6.07) is 0. The van der Waals surface area contributed by atoms with Gasteiger partial charge in [-0.3, -0.25) is 5.10 Å². The van der Waals surface area contributed by atoms with Crippen molar-refractivity contribution >= 4 is 11.9 Å². The molecule has 0 saturated heterocycles. The molecule has 58 valence electrons. The van der Waals surface area contributed by atoms with Gasteiger partial charge >= 0.3 is 11.9 Å². The number of aromatic amines is 1. The fourth-order valence-corrected chi connectivity index (χ4v) is 0.611. The molecule has 0 fully saturated rings. The van der Waals surface area contributed by atoms with E-state index in [4.69, 9.17) is 10.2 Å². The van der Waals surface area contributed by atoms with Gasteiger partial charge in [0.1, 0.15) is 5.56 Å². The lowest BCUT2D eigenvalue weighted by Gasteiger charge is -1.88. The molecule has 1 aromatic rings. The summed E-state index contributed by atoms with van der Waals surface area (Å²) in [7, 11) is 0. The highest BCUT2D eigenvalue weighted by Crippen LogP contribution is 2.03. The number of carboxylic acid groups (broad SMARTS) is 2. The topological polar surface area (TPSA) is 103 Å². The van der Waals surface area contributed by atoms with Gasteiger partial charge in [-0.05, 0) is 0 Å². The van der Waals surface area contributed by atoms with Crippen LogP contribution in [0.3, 0.4) is 0 Å². The number of aromatic carboxylic acids is 2. The monoisotopic (exact) mass is 156 g/mol. The van der Waals surface area contributed by atoms with Crippen molar-refractivity contribution < 1.29 is 19.8 Å². The third-order valence-corrected chi connectivity index (χ3v) is 1.08. The first kappa shape index (κ1) is 7.26. The maximum absolute atomic E-state index is 10.3. The molecule has 0 unspecified atom stereocenters. The van der Waals surface area contributed by atoms with E-state index in [-0.39, 0.29) is 5.56 Å². The molecular weight excluding hydrogens is 152 g/mol. The van der Waals surface area contributed by atoms with Crippen LogP contribution in [0.1, 0.15) is 20.8 Å². The van der Waals surface area contributed by atoms with Gasteiger partial charge < -0.3 is 10.2 Å². The zero-order valence-corrected chi connectivity index (χ0v) is 5.24. The number of rotatable bonds is 2. The van der Waals surface area contributed by atoms with E-state index in [0.717, 1.165) is 6.20 Å². The molecule has 3 N–H and O–H groups in total. The molecule has 0 bridgehead atoms. The molecule has 0 radical (unpaired) electrons. The molecule has 0 amide bonds. The van der Waals surface area contributed by atoms with Gasteiger partial charge in [0.25, 0.3) is 0 Å². The smallest absolute Gasteiger partial charge is 0.354 e. The van der Waals surface area contributed by atoms with Crippen LogP contribution >= 0.6 is 0 Å². The van der Waals surface area contributed by atoms with E-state index < -0.39 is 17.6 Å². The number of H-pyrrole nitrogens is 1. The first-order chi connectivity index (χ1) is 5.13. The average Bonchev–Trinajstić information content (AvgIpc) is 2.32. The highest BCUT2D eigenvalue weighted by atomic mass is 16.4. The van der Waals surface area contributed by atoms with Crippen LogP contribution in [0.2, 0.25) is 0 Å². The molecule has 0 aliphatic rings. The first-order valence-corrected chi connectivity index (χ1v) is 2.63. The van der Waals surface area contributed by atoms with E-state index >= 15 is 0 Å². The van der Waals surface area contributed by atoms with Crippen LogP contribution < -0.4 is 0 Å². The second-order valence-corrected chi connectivity index (χ2v) is 1.77. The molecule has 0 spiro atoms. The molecule has 0 saturated carbocycles. The van der Waals surface area contributed by atoms with Crippen molar-refractivity contribution in [3.8, 4) is 0 Å². The number of hydrogen-bond acceptors (Lipinski definition) is 3. The lowest BCUT2D eigenvalue weighted by atomic mass is 10.2. The van der Waals surface area contributed by atoms with Gasteiger partial charge in [0.2, 0.25) is 0 Å². The highest BCUT2D eigenvalue weighted by molar-refractivity contribution is 5.99. The number of carbonyl (C=O) groups is 2. The van der Waals surface area contributed by atoms with Crippen LogP contribution in [0.15, 0.2) is 6.20 Å². The molecule has 0 atom stereocenters. The molecule has 1 aromatic heterocycles. The third-order valence-electron chi connectivity index (χ3n) is 1.08. The molecule has 0 aliphatic heterocycles. The molecule has 0 aliphatic carbocycles. The summed E-state index contributed by atoms with van der Waals surface area (Å²) in [4.78, 5) is 20.5. The van der Waals surface area contributed by atoms with Crippen molar-refractivity contribution in [2.24, 2.45) is 0 Å². The molecule has 6 nitrogen and oxygen atoms in total. The van der Waals surface area contributed by atoms with E-state index in [1.807, 2.05) is 0 Å². The Morgan fingerprint density at radius 3 is 2.36 bits per heavy atom. The maximum atomic E-state index is 10.3. The number of aromatic nitrogens is 2. The standard InChI is InChI=1S/C5H4N2O4/c8-4(9)2-1-6-7-3(2)5(10)11/h1H,(H,6,7)(H,8,9)(H,10,11). The summed E-state index contributed by atoms with van der Waals surface area (Å²) < 4.78 is 0. The van der Waals surface area contributed by atoms with E-state index in [0.29, 0.717) is 0 Å². The fraction of sp³-hybridized carbons (Fsp3) is 0. The van der Waals surface area contributed by atoms with Crippen molar-refractivity contribution in [2.45, 2.75) is 0 Å². The summed E-state index contributed by atoms with van der Waals surface area (Å²) in [5.41, 5.74) is -0.741. The Labute approximate surface area is 60.5 Å². The Bertz CT molecular complexity index is 275. The second kappa shape index (κ2) is 2.41. The van der Waals surface area contributed by atoms with E-state index in [2.05, 4.69) is 10.2 Å². The lowest BCUT2D eigenvalue weighted by molar-refractivity contribution is 0.0648. The summed E-state index contributed by atoms with van der Waals surface area (Å²) in [5, 5.41) is 22.1. The minimum absolute atomic E-state index is 0.336. The van der Waals surface area contributed by atoms with Gasteiger partial charge in [-0.25, -0.2) is 9.59 Å². The second-order valence-electron chi connectivity index (χ2n) is 1.77. The zero-order valence-electron chi connectivity index (χ0n) is 5.24. The number of nitrogens with one attached hydrogen (secondary N) is 1. The summed E-state index contributed by atoms with van der Waals surface area (Å²) in [6.07, 6.45) is 0.950. The van der Waals surface area contributed by atoms with E-state index in [9.17, 15) is 9.59 Å². The Hall–Kier alpha value is -1.85. The quantitative estimate of drug-likeness (QED) is 0.550. The Kier molecular flexibility index (Phi) is 1.59. The predicted octanol–water partition coefficient (Wildman–Crippen LogP) is -0.194. The fourth-order valence-electron chi connectivity index (χ4n) is 0.611. The Balaban J connectivity index is 3.16. The number of nitrogens with zero attached hydrogens (tertiary/aromatic N) is 1. The van der Waals surface area contributed by atoms with Crippen LogP contribution in [0, 0.1) is 0 Å². The van der Waals surface area contributed by atoms with Crippen LogP contribution in [0.5, 0.6) is 0 Å². The average molecular weight is 156 g/mol. The first-order valence-electron chi connectivity index (χ1n) is 2.63. The minimum Gasteiger partial charge on any atom is -0.478 e. The van der Waals surface area contributed by atoms with Crippen molar-refractivity contribution in [1.29, 1.82) is 0 Å². The SMILES string of the molecule is O=C(O)c1cn[nH]c1C(=O)O. The van der Waals surface area contributed by atoms with Gasteiger partial charge in [-0.1, -0.05) is 0 Å². The van der Waals surface area contributed by atoms with Crippen molar-refractivity contribution in [1.82, 2.24) is 10.2 Å². The van der Waals surface area contributed by atoms with Gasteiger partial charge in [0, 0.05) is 0 Å². The molecule has 0 aromatic carbocycles. The summed E-state index contributed by atoms with van der Waals surface area (Å²) >= 11 is 0. The Morgan fingerprint density at radius 1 is 1.36 bits per heavy atom. The minimum atomic E-state index is -1.33.